The normalized spacial score (nSPS) is 14.7. The van der Waals surface area contributed by atoms with Crippen molar-refractivity contribution < 1.29 is 14.4 Å². The molecule has 0 saturated carbocycles. The van der Waals surface area contributed by atoms with Crippen LogP contribution in [0.2, 0.25) is 0 Å². The topological polar surface area (TPSA) is 90.5 Å². The van der Waals surface area contributed by atoms with Crippen LogP contribution in [0.4, 0.5) is 10.5 Å². The molecule has 1 atom stereocenters. The lowest BCUT2D eigenvalue weighted by molar-refractivity contribution is -0.127. The Morgan fingerprint density at radius 2 is 1.80 bits per heavy atom. The lowest BCUT2D eigenvalue weighted by Crippen LogP contribution is -2.49. The molecule has 210 valence electrons. The number of hydrogen-bond acceptors (Lipinski definition) is 5. The predicted octanol–water partition coefficient (Wildman–Crippen LogP) is 5.82. The fourth-order valence-corrected chi connectivity index (χ4v) is 6.22. The summed E-state index contributed by atoms with van der Waals surface area (Å²) in [6.45, 7) is 5.23. The minimum Gasteiger partial charge on any atom is -0.343 e. The van der Waals surface area contributed by atoms with Crippen LogP contribution in [0.25, 0.3) is 11.1 Å². The maximum atomic E-state index is 13.8. The molecule has 0 unspecified atom stereocenters. The summed E-state index contributed by atoms with van der Waals surface area (Å²) >= 11 is 3.28. The van der Waals surface area contributed by atoms with Gasteiger partial charge in [-0.2, -0.15) is 0 Å². The summed E-state index contributed by atoms with van der Waals surface area (Å²) in [7, 11) is 0. The number of urea groups is 1. The van der Waals surface area contributed by atoms with Crippen LogP contribution in [0.5, 0.6) is 0 Å². The Bertz CT molecular complexity index is 1350. The maximum Gasteiger partial charge on any atom is 0.315 e. The van der Waals surface area contributed by atoms with Crippen LogP contribution in [0, 0.1) is 0 Å². The minimum atomic E-state index is -0.585. The third kappa shape index (κ3) is 7.40. The van der Waals surface area contributed by atoms with E-state index in [1.807, 2.05) is 68.6 Å². The number of carbonyl (C=O) groups excluding carboxylic acids is 3. The van der Waals surface area contributed by atoms with Crippen LogP contribution in [0.15, 0.2) is 76.5 Å². The fourth-order valence-electron chi connectivity index (χ4n) is 4.60. The molecule has 0 spiro atoms. The molecule has 3 aromatic carbocycles. The van der Waals surface area contributed by atoms with Gasteiger partial charge in [-0.25, -0.2) is 4.79 Å². The van der Waals surface area contributed by atoms with Crippen molar-refractivity contribution in [2.75, 3.05) is 23.5 Å². The van der Waals surface area contributed by atoms with Crippen LogP contribution in [0.1, 0.15) is 37.8 Å². The molecular formula is C31H36N4O3S2. The Labute approximate surface area is 244 Å². The average Bonchev–Trinajstić information content (AvgIpc) is 3.09. The Kier molecular flexibility index (Phi) is 10.5. The molecule has 7 nitrogen and oxygen atoms in total. The maximum absolute atomic E-state index is 13.8. The van der Waals surface area contributed by atoms with E-state index in [4.69, 9.17) is 0 Å². The fraction of sp³-hybridized carbons (Fsp3) is 0.323. The zero-order chi connectivity index (χ0) is 28.5. The number of nitrogens with zero attached hydrogens (tertiary/aromatic N) is 1. The standard InChI is InChI=1S/C31H36N4O3S2/c1-4-8-29(36)34-26-20-40-28-17-24(39-3)15-16-27(28)35(30(26)37)19-21-11-13-22(14-12-21)25-10-7-6-9-23(25)18-33-31(38)32-5-2/h6-7,9-17,26H,4-5,8,18-20H2,1-3H3,(H,34,36)(H2,32,33,38)/t26-/m1/s1. The molecule has 4 rings (SSSR count). The van der Waals surface area contributed by atoms with E-state index < -0.39 is 6.04 Å². The predicted molar refractivity (Wildman–Crippen MR) is 165 cm³/mol. The van der Waals surface area contributed by atoms with Gasteiger partial charge in [0, 0.05) is 35.1 Å². The highest BCUT2D eigenvalue weighted by atomic mass is 32.2. The Hall–Kier alpha value is -3.43. The molecule has 4 amide bonds. The van der Waals surface area contributed by atoms with Gasteiger partial charge in [0.25, 0.3) is 5.91 Å². The second-order valence-electron chi connectivity index (χ2n) is 9.51. The van der Waals surface area contributed by atoms with Crippen molar-refractivity contribution in [1.82, 2.24) is 16.0 Å². The van der Waals surface area contributed by atoms with Crippen molar-refractivity contribution in [3.63, 3.8) is 0 Å². The summed E-state index contributed by atoms with van der Waals surface area (Å²) in [5.74, 6) is 0.302. The zero-order valence-corrected chi connectivity index (χ0v) is 24.8. The van der Waals surface area contributed by atoms with Crippen molar-refractivity contribution in [3.8, 4) is 11.1 Å². The van der Waals surface area contributed by atoms with Gasteiger partial charge in [0.1, 0.15) is 6.04 Å². The first kappa shape index (κ1) is 29.6. The molecule has 1 heterocycles. The van der Waals surface area contributed by atoms with E-state index in [0.717, 1.165) is 44.2 Å². The first-order chi connectivity index (χ1) is 19.4. The van der Waals surface area contributed by atoms with Crippen LogP contribution < -0.4 is 20.9 Å². The molecule has 0 bridgehead atoms. The van der Waals surface area contributed by atoms with Crippen molar-refractivity contribution in [1.29, 1.82) is 0 Å². The van der Waals surface area contributed by atoms with Gasteiger partial charge in [0.2, 0.25) is 5.91 Å². The van der Waals surface area contributed by atoms with Crippen LogP contribution in [-0.2, 0) is 22.7 Å². The van der Waals surface area contributed by atoms with Gasteiger partial charge >= 0.3 is 6.03 Å². The molecular weight excluding hydrogens is 541 g/mol. The zero-order valence-electron chi connectivity index (χ0n) is 23.2. The van der Waals surface area contributed by atoms with Gasteiger partial charge in [-0.3, -0.25) is 9.59 Å². The van der Waals surface area contributed by atoms with Gasteiger partial charge in [0.15, 0.2) is 0 Å². The number of anilines is 1. The number of amides is 4. The van der Waals surface area contributed by atoms with E-state index in [-0.39, 0.29) is 17.8 Å². The lowest BCUT2D eigenvalue weighted by Gasteiger charge is -2.26. The summed E-state index contributed by atoms with van der Waals surface area (Å²) in [6.07, 6.45) is 3.17. The third-order valence-corrected chi connectivity index (χ3v) is 8.50. The van der Waals surface area contributed by atoms with Gasteiger partial charge in [-0.15, -0.1) is 23.5 Å². The molecule has 0 fully saturated rings. The molecule has 3 aromatic rings. The van der Waals surface area contributed by atoms with Crippen molar-refractivity contribution in [2.24, 2.45) is 0 Å². The molecule has 0 radical (unpaired) electrons. The van der Waals surface area contributed by atoms with Crippen molar-refractivity contribution >= 4 is 47.1 Å². The number of rotatable bonds is 10. The van der Waals surface area contributed by atoms with Gasteiger partial charge in [-0.1, -0.05) is 55.5 Å². The summed E-state index contributed by atoms with van der Waals surface area (Å²) in [5.41, 5.74) is 4.95. The van der Waals surface area contributed by atoms with E-state index in [1.165, 1.54) is 0 Å². The number of benzene rings is 3. The Morgan fingerprint density at radius 1 is 1.02 bits per heavy atom. The monoisotopic (exact) mass is 576 g/mol. The second-order valence-corrected chi connectivity index (χ2v) is 11.4. The molecule has 1 aliphatic heterocycles. The second kappa shape index (κ2) is 14.3. The SMILES string of the molecule is CCCC(=O)N[C@@H]1CSc2cc(SC)ccc2N(Cc2ccc(-c3ccccc3CNC(=O)NCC)cc2)C1=O. The summed E-state index contributed by atoms with van der Waals surface area (Å²) < 4.78 is 0. The first-order valence-electron chi connectivity index (χ1n) is 13.5. The molecule has 3 N–H and O–H groups in total. The minimum absolute atomic E-state index is 0.0955. The van der Waals surface area contributed by atoms with Gasteiger partial charge in [0.05, 0.1) is 12.2 Å². The summed E-state index contributed by atoms with van der Waals surface area (Å²) in [6, 6.07) is 21.6. The van der Waals surface area contributed by atoms with E-state index in [2.05, 4.69) is 34.1 Å². The molecule has 9 heteroatoms. The number of thioether (sulfide) groups is 2. The molecule has 0 saturated heterocycles. The summed E-state index contributed by atoms with van der Waals surface area (Å²) in [5, 5.41) is 8.62. The van der Waals surface area contributed by atoms with Gasteiger partial charge < -0.3 is 20.9 Å². The highest BCUT2D eigenvalue weighted by molar-refractivity contribution is 8.00. The number of nitrogens with one attached hydrogen (secondary N) is 3. The first-order valence-corrected chi connectivity index (χ1v) is 15.7. The van der Waals surface area contributed by atoms with Crippen LogP contribution in [-0.4, -0.2) is 42.4 Å². The van der Waals surface area contributed by atoms with Crippen LogP contribution >= 0.6 is 23.5 Å². The highest BCUT2D eigenvalue weighted by Gasteiger charge is 2.32. The van der Waals surface area contributed by atoms with Crippen molar-refractivity contribution in [3.05, 3.63) is 77.9 Å². The van der Waals surface area contributed by atoms with E-state index >= 15 is 0 Å². The largest absolute Gasteiger partial charge is 0.343 e. The van der Waals surface area contributed by atoms with Gasteiger partial charge in [-0.05, 0) is 60.1 Å². The Balaban J connectivity index is 1.58. The van der Waals surface area contributed by atoms with E-state index in [1.54, 1.807) is 28.4 Å². The molecule has 0 aromatic heterocycles. The molecule has 40 heavy (non-hydrogen) atoms. The number of fused-ring (bicyclic) bond motifs is 1. The number of carbonyl (C=O) groups is 3. The average molecular weight is 577 g/mol. The van der Waals surface area contributed by atoms with E-state index in [9.17, 15) is 14.4 Å². The quantitative estimate of drug-likeness (QED) is 0.265. The third-order valence-electron chi connectivity index (χ3n) is 6.64. The van der Waals surface area contributed by atoms with E-state index in [0.29, 0.717) is 31.8 Å². The molecule has 0 aliphatic carbocycles. The van der Waals surface area contributed by atoms with Crippen molar-refractivity contribution in [2.45, 2.75) is 55.6 Å². The molecule has 1 aliphatic rings. The Morgan fingerprint density at radius 3 is 2.52 bits per heavy atom. The lowest BCUT2D eigenvalue weighted by atomic mass is 9.98. The van der Waals surface area contributed by atoms with Crippen LogP contribution in [0.3, 0.4) is 0 Å². The smallest absolute Gasteiger partial charge is 0.315 e. The summed E-state index contributed by atoms with van der Waals surface area (Å²) in [4.78, 5) is 42.1. The highest BCUT2D eigenvalue weighted by Crippen LogP contribution is 2.38. The number of hydrogen-bond donors (Lipinski definition) is 3.